The van der Waals surface area contributed by atoms with E-state index < -0.39 is 0 Å². The summed E-state index contributed by atoms with van der Waals surface area (Å²) in [6, 6.07) is 0.120. The minimum Gasteiger partial charge on any atom is -0.469 e. The number of esters is 1. The quantitative estimate of drug-likeness (QED) is 0.738. The van der Waals surface area contributed by atoms with Gasteiger partial charge in [-0.1, -0.05) is 0 Å². The molecule has 2 saturated heterocycles. The maximum Gasteiger partial charge on any atom is 0.317 e. The third kappa shape index (κ3) is 3.13. The molecule has 0 radical (unpaired) electrons. The molecule has 6 heteroatoms. The SMILES string of the molecule is COC(=O)CCN1CC(C2CCOCC2)NC1=O. The number of amides is 2. The first-order valence-electron chi connectivity index (χ1n) is 6.40. The van der Waals surface area contributed by atoms with Crippen LogP contribution in [0.15, 0.2) is 0 Å². The molecule has 0 saturated carbocycles. The van der Waals surface area contributed by atoms with Gasteiger partial charge in [0.15, 0.2) is 0 Å². The molecule has 2 heterocycles. The van der Waals surface area contributed by atoms with E-state index in [9.17, 15) is 9.59 Å². The van der Waals surface area contributed by atoms with Crippen LogP contribution in [0.4, 0.5) is 4.79 Å². The fourth-order valence-electron chi connectivity index (χ4n) is 2.52. The fraction of sp³-hybridized carbons (Fsp3) is 0.833. The Morgan fingerprint density at radius 3 is 2.89 bits per heavy atom. The molecule has 102 valence electrons. The van der Waals surface area contributed by atoms with Crippen molar-refractivity contribution >= 4 is 12.0 Å². The third-order valence-corrected chi connectivity index (χ3v) is 3.66. The molecule has 6 nitrogen and oxygen atoms in total. The van der Waals surface area contributed by atoms with Crippen molar-refractivity contribution in [3.05, 3.63) is 0 Å². The van der Waals surface area contributed by atoms with Crippen LogP contribution in [0.3, 0.4) is 0 Å². The molecule has 2 fully saturated rings. The van der Waals surface area contributed by atoms with E-state index in [1.54, 1.807) is 4.90 Å². The summed E-state index contributed by atoms with van der Waals surface area (Å²) < 4.78 is 9.89. The van der Waals surface area contributed by atoms with E-state index >= 15 is 0 Å². The lowest BCUT2D eigenvalue weighted by molar-refractivity contribution is -0.140. The summed E-state index contributed by atoms with van der Waals surface area (Å²) in [5.41, 5.74) is 0. The highest BCUT2D eigenvalue weighted by atomic mass is 16.5. The second-order valence-corrected chi connectivity index (χ2v) is 4.78. The van der Waals surface area contributed by atoms with Crippen LogP contribution in [0.25, 0.3) is 0 Å². The van der Waals surface area contributed by atoms with Crippen LogP contribution in [0.5, 0.6) is 0 Å². The van der Waals surface area contributed by atoms with E-state index in [1.807, 2.05) is 0 Å². The first kappa shape index (κ1) is 13.1. The lowest BCUT2D eigenvalue weighted by atomic mass is 9.92. The van der Waals surface area contributed by atoms with Crippen molar-refractivity contribution < 1.29 is 19.1 Å². The number of hydrogen-bond acceptors (Lipinski definition) is 4. The number of hydrogen-bond donors (Lipinski definition) is 1. The van der Waals surface area contributed by atoms with Crippen molar-refractivity contribution in [2.45, 2.75) is 25.3 Å². The predicted octanol–water partition coefficient (Wildman–Crippen LogP) is 0.370. The van der Waals surface area contributed by atoms with Gasteiger partial charge in [-0.15, -0.1) is 0 Å². The number of nitrogens with one attached hydrogen (secondary N) is 1. The number of carbonyl (C=O) groups excluding carboxylic acids is 2. The van der Waals surface area contributed by atoms with Crippen LogP contribution in [0, 0.1) is 5.92 Å². The summed E-state index contributed by atoms with van der Waals surface area (Å²) in [7, 11) is 1.36. The van der Waals surface area contributed by atoms with Gasteiger partial charge in [0, 0.05) is 26.3 Å². The summed E-state index contributed by atoms with van der Waals surface area (Å²) >= 11 is 0. The lowest BCUT2D eigenvalue weighted by Gasteiger charge is -2.26. The highest BCUT2D eigenvalue weighted by molar-refractivity contribution is 5.78. The van der Waals surface area contributed by atoms with Gasteiger partial charge in [-0.05, 0) is 18.8 Å². The molecule has 1 N–H and O–H groups in total. The minimum absolute atomic E-state index is 0.0737. The summed E-state index contributed by atoms with van der Waals surface area (Å²) in [4.78, 5) is 24.5. The molecule has 0 spiro atoms. The van der Waals surface area contributed by atoms with Crippen LogP contribution in [-0.4, -0.2) is 56.4 Å². The molecular weight excluding hydrogens is 236 g/mol. The predicted molar refractivity (Wildman–Crippen MR) is 64.1 cm³/mol. The first-order chi connectivity index (χ1) is 8.70. The van der Waals surface area contributed by atoms with Gasteiger partial charge in [0.1, 0.15) is 0 Å². The molecule has 0 aromatic carbocycles. The standard InChI is InChI=1S/C12H20N2O4/c1-17-11(15)2-5-14-8-10(13-12(14)16)9-3-6-18-7-4-9/h9-10H,2-8H2,1H3,(H,13,16). The molecule has 1 unspecified atom stereocenters. The van der Waals surface area contributed by atoms with Crippen LogP contribution in [0.1, 0.15) is 19.3 Å². The summed E-state index contributed by atoms with van der Waals surface area (Å²) in [5.74, 6) is 0.211. The largest absolute Gasteiger partial charge is 0.469 e. The number of methoxy groups -OCH3 is 1. The molecule has 0 aliphatic carbocycles. The van der Waals surface area contributed by atoms with Gasteiger partial charge >= 0.3 is 12.0 Å². The topological polar surface area (TPSA) is 67.9 Å². The summed E-state index contributed by atoms with van der Waals surface area (Å²) in [6.07, 6.45) is 2.25. The summed E-state index contributed by atoms with van der Waals surface area (Å²) in [6.45, 7) is 2.66. The maximum atomic E-state index is 11.8. The minimum atomic E-state index is -0.280. The highest BCUT2D eigenvalue weighted by Gasteiger charge is 2.34. The Balaban J connectivity index is 1.80. The van der Waals surface area contributed by atoms with Gasteiger partial charge in [-0.3, -0.25) is 4.79 Å². The lowest BCUT2D eigenvalue weighted by Crippen LogP contribution is -2.37. The second-order valence-electron chi connectivity index (χ2n) is 4.78. The molecule has 0 bridgehead atoms. The van der Waals surface area contributed by atoms with E-state index in [-0.39, 0.29) is 24.5 Å². The monoisotopic (exact) mass is 256 g/mol. The maximum absolute atomic E-state index is 11.8. The van der Waals surface area contributed by atoms with E-state index in [4.69, 9.17) is 4.74 Å². The Labute approximate surface area is 107 Å². The van der Waals surface area contributed by atoms with Gasteiger partial charge < -0.3 is 19.7 Å². The number of urea groups is 1. The molecular formula is C12H20N2O4. The number of carbonyl (C=O) groups is 2. The van der Waals surface area contributed by atoms with Crippen molar-refractivity contribution in [2.75, 3.05) is 33.4 Å². The summed E-state index contributed by atoms with van der Waals surface area (Å²) in [5, 5.41) is 2.99. The number of ether oxygens (including phenoxy) is 2. The van der Waals surface area contributed by atoms with Crippen LogP contribution in [0.2, 0.25) is 0 Å². The zero-order valence-corrected chi connectivity index (χ0v) is 10.7. The van der Waals surface area contributed by atoms with Gasteiger partial charge in [-0.25, -0.2) is 4.79 Å². The number of rotatable bonds is 4. The fourth-order valence-corrected chi connectivity index (χ4v) is 2.52. The average Bonchev–Trinajstić information content (AvgIpc) is 2.78. The molecule has 2 rings (SSSR count). The Kier molecular flexibility index (Phi) is 4.41. The van der Waals surface area contributed by atoms with Gasteiger partial charge in [0.25, 0.3) is 0 Å². The second kappa shape index (κ2) is 6.04. The molecule has 0 aromatic heterocycles. The van der Waals surface area contributed by atoms with Gasteiger partial charge in [0.2, 0.25) is 0 Å². The highest BCUT2D eigenvalue weighted by Crippen LogP contribution is 2.22. The van der Waals surface area contributed by atoms with E-state index in [0.717, 1.165) is 26.1 Å². The van der Waals surface area contributed by atoms with Crippen molar-refractivity contribution in [1.29, 1.82) is 0 Å². The van der Waals surface area contributed by atoms with Crippen LogP contribution >= 0.6 is 0 Å². The van der Waals surface area contributed by atoms with Crippen molar-refractivity contribution in [3.63, 3.8) is 0 Å². The zero-order valence-electron chi connectivity index (χ0n) is 10.7. The molecule has 2 amide bonds. The molecule has 1 atom stereocenters. The molecule has 18 heavy (non-hydrogen) atoms. The van der Waals surface area contributed by atoms with E-state index in [0.29, 0.717) is 19.0 Å². The number of nitrogens with zero attached hydrogens (tertiary/aromatic N) is 1. The Morgan fingerprint density at radius 2 is 2.22 bits per heavy atom. The molecule has 0 aromatic rings. The van der Waals surface area contributed by atoms with Gasteiger partial charge in [-0.2, -0.15) is 0 Å². The zero-order chi connectivity index (χ0) is 13.0. The molecule has 2 aliphatic heterocycles. The van der Waals surface area contributed by atoms with E-state index in [1.165, 1.54) is 7.11 Å². The Hall–Kier alpha value is -1.30. The van der Waals surface area contributed by atoms with Crippen LogP contribution < -0.4 is 5.32 Å². The smallest absolute Gasteiger partial charge is 0.317 e. The third-order valence-electron chi connectivity index (χ3n) is 3.66. The van der Waals surface area contributed by atoms with Gasteiger partial charge in [0.05, 0.1) is 19.6 Å². The van der Waals surface area contributed by atoms with Crippen molar-refractivity contribution in [3.8, 4) is 0 Å². The first-order valence-corrected chi connectivity index (χ1v) is 6.40. The molecule has 2 aliphatic rings. The van der Waals surface area contributed by atoms with Crippen molar-refractivity contribution in [2.24, 2.45) is 5.92 Å². The van der Waals surface area contributed by atoms with E-state index in [2.05, 4.69) is 10.1 Å². The Morgan fingerprint density at radius 1 is 1.50 bits per heavy atom. The van der Waals surface area contributed by atoms with Crippen LogP contribution in [-0.2, 0) is 14.3 Å². The normalized spacial score (nSPS) is 25.1. The average molecular weight is 256 g/mol. The van der Waals surface area contributed by atoms with Crippen molar-refractivity contribution in [1.82, 2.24) is 10.2 Å². The Bertz CT molecular complexity index is 315.